The second-order valence-corrected chi connectivity index (χ2v) is 3.72. The van der Waals surface area contributed by atoms with Crippen LogP contribution in [0.4, 0.5) is 0 Å². The van der Waals surface area contributed by atoms with Crippen LogP contribution in [0.25, 0.3) is 0 Å². The van der Waals surface area contributed by atoms with Crippen LogP contribution in [0.5, 0.6) is 0 Å². The summed E-state index contributed by atoms with van der Waals surface area (Å²) in [6.45, 7) is 0. The number of carboxylic acids is 1. The van der Waals surface area contributed by atoms with Crippen LogP contribution in [0.3, 0.4) is 0 Å². The number of hydrogen-bond donors (Lipinski definition) is 2. The third-order valence-corrected chi connectivity index (χ3v) is 2.04. The molecule has 1 aromatic heterocycles. The minimum absolute atomic E-state index is 0.355. The fourth-order valence-corrected chi connectivity index (χ4v) is 1.19. The van der Waals surface area contributed by atoms with Crippen molar-refractivity contribution in [3.05, 3.63) is 23.9 Å². The smallest absolute Gasteiger partial charge is 0.354 e. The molecule has 0 fully saturated rings. The van der Waals surface area contributed by atoms with E-state index in [4.69, 9.17) is 10.2 Å². The molecule has 0 unspecified atom stereocenters. The molecule has 0 aliphatic rings. The molecule has 0 amide bonds. The molecule has 6 nitrogen and oxygen atoms in total. The first-order valence-electron chi connectivity index (χ1n) is 3.14. The van der Waals surface area contributed by atoms with Gasteiger partial charge in [0.15, 0.2) is 5.03 Å². The van der Waals surface area contributed by atoms with Gasteiger partial charge in [-0.2, -0.15) is 0 Å². The zero-order chi connectivity index (χ0) is 10.1. The van der Waals surface area contributed by atoms with Crippen molar-refractivity contribution in [2.45, 2.75) is 5.03 Å². The third kappa shape index (κ3) is 2.23. The lowest BCUT2D eigenvalue weighted by atomic mass is 10.4. The molecular formula is C6H6N2O4S. The van der Waals surface area contributed by atoms with Gasteiger partial charge in [0.2, 0.25) is 0 Å². The minimum atomic E-state index is -3.93. The van der Waals surface area contributed by atoms with Gasteiger partial charge in [-0.1, -0.05) is 6.07 Å². The summed E-state index contributed by atoms with van der Waals surface area (Å²) in [4.78, 5) is 13.7. The van der Waals surface area contributed by atoms with Gasteiger partial charge in [0.05, 0.1) is 0 Å². The molecule has 0 atom stereocenters. The molecule has 1 rings (SSSR count). The van der Waals surface area contributed by atoms with E-state index >= 15 is 0 Å². The first-order valence-corrected chi connectivity index (χ1v) is 4.69. The summed E-state index contributed by atoms with van der Waals surface area (Å²) in [6.07, 6.45) is 0. The van der Waals surface area contributed by atoms with Crippen molar-refractivity contribution in [2.24, 2.45) is 5.14 Å². The Morgan fingerprint density at radius 1 is 1.46 bits per heavy atom. The lowest BCUT2D eigenvalue weighted by Gasteiger charge is -1.97. The van der Waals surface area contributed by atoms with Crippen LogP contribution < -0.4 is 5.14 Å². The van der Waals surface area contributed by atoms with Crippen molar-refractivity contribution >= 4 is 16.0 Å². The summed E-state index contributed by atoms with van der Waals surface area (Å²) >= 11 is 0. The zero-order valence-corrected chi connectivity index (χ0v) is 7.15. The molecular weight excluding hydrogens is 196 g/mol. The normalized spacial score (nSPS) is 11.2. The van der Waals surface area contributed by atoms with Gasteiger partial charge < -0.3 is 5.11 Å². The van der Waals surface area contributed by atoms with Crippen LogP contribution in [-0.4, -0.2) is 24.5 Å². The Labute approximate surface area is 74.1 Å². The molecule has 3 N–H and O–H groups in total. The number of carboxylic acid groups (broad SMARTS) is 1. The summed E-state index contributed by atoms with van der Waals surface area (Å²) in [6, 6.07) is 3.56. The highest BCUT2D eigenvalue weighted by Crippen LogP contribution is 2.03. The van der Waals surface area contributed by atoms with Gasteiger partial charge in [0.1, 0.15) is 5.69 Å². The predicted molar refractivity (Wildman–Crippen MR) is 42.6 cm³/mol. The van der Waals surface area contributed by atoms with Gasteiger partial charge in [-0.05, 0) is 12.1 Å². The molecule has 7 heteroatoms. The summed E-state index contributed by atoms with van der Waals surface area (Å²) < 4.78 is 21.5. The molecule has 1 heterocycles. The first kappa shape index (κ1) is 9.62. The molecule has 1 aromatic rings. The van der Waals surface area contributed by atoms with Gasteiger partial charge >= 0.3 is 5.97 Å². The quantitative estimate of drug-likeness (QED) is 0.667. The number of aromatic nitrogens is 1. The Kier molecular flexibility index (Phi) is 2.30. The number of aromatic carboxylic acids is 1. The fourth-order valence-electron chi connectivity index (χ4n) is 0.692. The Morgan fingerprint density at radius 2 is 2.08 bits per heavy atom. The van der Waals surface area contributed by atoms with E-state index in [-0.39, 0.29) is 5.69 Å². The van der Waals surface area contributed by atoms with Crippen LogP contribution >= 0.6 is 0 Å². The van der Waals surface area contributed by atoms with Crippen LogP contribution in [0.15, 0.2) is 23.2 Å². The second kappa shape index (κ2) is 3.11. The molecule has 0 radical (unpaired) electrons. The number of rotatable bonds is 2. The number of nitrogens with zero attached hydrogens (tertiary/aromatic N) is 1. The van der Waals surface area contributed by atoms with E-state index in [0.29, 0.717) is 0 Å². The number of carbonyl (C=O) groups is 1. The zero-order valence-electron chi connectivity index (χ0n) is 6.34. The van der Waals surface area contributed by atoms with Gasteiger partial charge in [-0.25, -0.2) is 23.3 Å². The highest BCUT2D eigenvalue weighted by atomic mass is 32.2. The minimum Gasteiger partial charge on any atom is -0.477 e. The largest absolute Gasteiger partial charge is 0.477 e. The SMILES string of the molecule is NS(=O)(=O)c1cccc(C(=O)O)n1. The highest BCUT2D eigenvalue weighted by molar-refractivity contribution is 7.89. The molecule has 13 heavy (non-hydrogen) atoms. The van der Waals surface area contributed by atoms with Crippen molar-refractivity contribution in [3.8, 4) is 0 Å². The maximum Gasteiger partial charge on any atom is 0.354 e. The average molecular weight is 202 g/mol. The number of sulfonamides is 1. The summed E-state index contributed by atoms with van der Waals surface area (Å²) in [5.74, 6) is -1.30. The Balaban J connectivity index is 3.29. The molecule has 70 valence electrons. The van der Waals surface area contributed by atoms with E-state index < -0.39 is 21.0 Å². The second-order valence-electron chi connectivity index (χ2n) is 2.21. The summed E-state index contributed by atoms with van der Waals surface area (Å²) in [5.41, 5.74) is -0.355. The summed E-state index contributed by atoms with van der Waals surface area (Å²) in [7, 11) is -3.93. The average Bonchev–Trinajstić information content (AvgIpc) is 2.03. The number of primary sulfonamides is 1. The van der Waals surface area contributed by atoms with E-state index in [1.54, 1.807) is 0 Å². The number of hydrogen-bond acceptors (Lipinski definition) is 4. The topological polar surface area (TPSA) is 110 Å². The lowest BCUT2D eigenvalue weighted by Crippen LogP contribution is -2.15. The Hall–Kier alpha value is -1.47. The van der Waals surface area contributed by atoms with Crippen molar-refractivity contribution in [2.75, 3.05) is 0 Å². The van der Waals surface area contributed by atoms with Crippen LogP contribution in [0.1, 0.15) is 10.5 Å². The van der Waals surface area contributed by atoms with E-state index in [1.165, 1.54) is 12.1 Å². The molecule has 0 spiro atoms. The third-order valence-electron chi connectivity index (χ3n) is 1.23. The standard InChI is InChI=1S/C6H6N2O4S/c7-13(11,12)5-3-1-2-4(8-5)6(9)10/h1-3H,(H,9,10)(H2,7,11,12). The van der Waals surface area contributed by atoms with Gasteiger partial charge in [-0.3, -0.25) is 0 Å². The van der Waals surface area contributed by atoms with Crippen LogP contribution in [0.2, 0.25) is 0 Å². The van der Waals surface area contributed by atoms with E-state index in [0.717, 1.165) is 6.07 Å². The predicted octanol–water partition coefficient (Wildman–Crippen LogP) is -0.573. The molecule has 0 bridgehead atoms. The molecule has 0 saturated heterocycles. The first-order chi connectivity index (χ1) is 5.91. The molecule has 0 aliphatic carbocycles. The van der Waals surface area contributed by atoms with Crippen molar-refractivity contribution in [1.29, 1.82) is 0 Å². The van der Waals surface area contributed by atoms with Crippen molar-refractivity contribution in [1.82, 2.24) is 4.98 Å². The van der Waals surface area contributed by atoms with Gasteiger partial charge in [0.25, 0.3) is 10.0 Å². The number of pyridine rings is 1. The van der Waals surface area contributed by atoms with E-state index in [2.05, 4.69) is 4.98 Å². The maximum absolute atomic E-state index is 10.7. The monoisotopic (exact) mass is 202 g/mol. The van der Waals surface area contributed by atoms with Crippen molar-refractivity contribution in [3.63, 3.8) is 0 Å². The summed E-state index contributed by atoms with van der Waals surface area (Å²) in [5, 5.41) is 12.8. The number of nitrogens with two attached hydrogens (primary N) is 1. The molecule has 0 aromatic carbocycles. The van der Waals surface area contributed by atoms with E-state index in [1.807, 2.05) is 0 Å². The maximum atomic E-state index is 10.7. The van der Waals surface area contributed by atoms with Gasteiger partial charge in [-0.15, -0.1) is 0 Å². The van der Waals surface area contributed by atoms with Crippen molar-refractivity contribution < 1.29 is 18.3 Å². The molecule has 0 saturated carbocycles. The fraction of sp³-hybridized carbons (Fsp3) is 0. The molecule has 0 aliphatic heterocycles. The van der Waals surface area contributed by atoms with Gasteiger partial charge in [0, 0.05) is 0 Å². The van der Waals surface area contributed by atoms with E-state index in [9.17, 15) is 13.2 Å². The van der Waals surface area contributed by atoms with Crippen LogP contribution in [-0.2, 0) is 10.0 Å². The lowest BCUT2D eigenvalue weighted by molar-refractivity contribution is 0.0689. The Morgan fingerprint density at radius 3 is 2.54 bits per heavy atom. The Bertz CT molecular complexity index is 440. The highest BCUT2D eigenvalue weighted by Gasteiger charge is 2.12. The van der Waals surface area contributed by atoms with Crippen LogP contribution in [0, 0.1) is 0 Å².